The maximum absolute atomic E-state index is 12.0. The standard InChI is InChI=1S/C15H20N2O.ClHO4/c18-15-6-3-5-14-11-8-12(10-17(14)15)13-4-1-2-7-16(13)9-11;2-1(3,4)5/h3,5-6,11-13H,1-2,4,7-10H2;(H,2,3,4,5)/t11?,12?,13-;/m0./s1. The summed E-state index contributed by atoms with van der Waals surface area (Å²) in [6.07, 6.45) is 5.37. The normalized spacial score (nSPS) is 29.8. The summed E-state index contributed by atoms with van der Waals surface area (Å²) in [5.74, 6) is 1.30. The van der Waals surface area contributed by atoms with Crippen LogP contribution in [0.1, 0.15) is 37.3 Å². The summed E-state index contributed by atoms with van der Waals surface area (Å²) < 4.78 is 34.8. The third-order valence-electron chi connectivity index (χ3n) is 5.17. The van der Waals surface area contributed by atoms with Crippen molar-refractivity contribution in [2.75, 3.05) is 13.1 Å². The number of fused-ring (bicyclic) bond motifs is 6. The summed E-state index contributed by atoms with van der Waals surface area (Å²) in [7, 11) is -4.69. The summed E-state index contributed by atoms with van der Waals surface area (Å²) in [6, 6.07) is 6.54. The van der Waals surface area contributed by atoms with Gasteiger partial charge in [-0.1, -0.05) is 12.5 Å². The molecule has 0 aromatic carbocycles. The van der Waals surface area contributed by atoms with Gasteiger partial charge in [0.25, 0.3) is 5.56 Å². The first kappa shape index (κ1) is 16.9. The SMILES string of the molecule is O=c1cccc2n1CC1CC2CN2CCCC[C@@H]12.[O-][Cl+3]([O-])([O-])O. The lowest BCUT2D eigenvalue weighted by Crippen LogP contribution is -2.58. The number of piperidine rings is 2. The molecule has 0 saturated carbocycles. The molecule has 1 aromatic rings. The van der Waals surface area contributed by atoms with Crippen molar-refractivity contribution in [2.45, 2.75) is 44.2 Å². The van der Waals surface area contributed by atoms with E-state index in [1.54, 1.807) is 6.07 Å². The molecule has 0 spiro atoms. The van der Waals surface area contributed by atoms with E-state index in [1.165, 1.54) is 44.5 Å². The van der Waals surface area contributed by atoms with E-state index in [1.807, 2.05) is 10.6 Å². The van der Waals surface area contributed by atoms with E-state index in [2.05, 4.69) is 11.0 Å². The van der Waals surface area contributed by atoms with Crippen LogP contribution < -0.4 is 19.5 Å². The Hall–Kier alpha value is -0.960. The van der Waals surface area contributed by atoms with Crippen LogP contribution in [-0.4, -0.2) is 33.3 Å². The zero-order valence-electron chi connectivity index (χ0n) is 12.8. The van der Waals surface area contributed by atoms with Gasteiger partial charge in [0, 0.05) is 36.8 Å². The second-order valence-electron chi connectivity index (χ2n) is 6.55. The average molecular weight is 345 g/mol. The molecule has 1 aromatic heterocycles. The van der Waals surface area contributed by atoms with Gasteiger partial charge in [0.15, 0.2) is 0 Å². The van der Waals surface area contributed by atoms with Crippen LogP contribution in [0.25, 0.3) is 0 Å². The summed E-state index contributed by atoms with van der Waals surface area (Å²) in [5, 5.41) is 0. The van der Waals surface area contributed by atoms with E-state index < -0.39 is 10.2 Å². The molecule has 0 radical (unpaired) electrons. The van der Waals surface area contributed by atoms with E-state index in [9.17, 15) is 4.79 Å². The Bertz CT molecular complexity index is 609. The van der Waals surface area contributed by atoms with Gasteiger partial charge >= 0.3 is 0 Å². The second kappa shape index (κ2) is 6.51. The van der Waals surface area contributed by atoms with E-state index in [0.717, 1.165) is 12.6 Å². The Labute approximate surface area is 136 Å². The van der Waals surface area contributed by atoms with Gasteiger partial charge in [-0.25, -0.2) is 0 Å². The highest BCUT2D eigenvalue weighted by Gasteiger charge is 2.41. The summed E-state index contributed by atoms with van der Waals surface area (Å²) in [6.45, 7) is 3.39. The first-order chi connectivity index (χ1) is 10.8. The second-order valence-corrected chi connectivity index (χ2v) is 7.34. The minimum absolute atomic E-state index is 0.200. The molecule has 1 N–H and O–H groups in total. The first-order valence-electron chi connectivity index (χ1n) is 7.90. The Morgan fingerprint density at radius 3 is 2.65 bits per heavy atom. The highest BCUT2D eigenvalue weighted by atomic mass is 35.7. The zero-order valence-corrected chi connectivity index (χ0v) is 13.5. The number of rotatable bonds is 0. The third-order valence-corrected chi connectivity index (χ3v) is 5.17. The van der Waals surface area contributed by atoms with Gasteiger partial charge in [-0.05, 0) is 37.8 Å². The van der Waals surface area contributed by atoms with Crippen molar-refractivity contribution in [3.8, 4) is 0 Å². The summed E-state index contributed by atoms with van der Waals surface area (Å²) >= 11 is 0. The maximum Gasteiger partial charge on any atom is 0.250 e. The van der Waals surface area contributed by atoms with Crippen LogP contribution in [0.5, 0.6) is 0 Å². The van der Waals surface area contributed by atoms with Crippen molar-refractivity contribution in [1.29, 1.82) is 0 Å². The minimum atomic E-state index is -4.69. The molecule has 2 fully saturated rings. The Kier molecular flexibility index (Phi) is 4.78. The molecule has 3 atom stereocenters. The van der Waals surface area contributed by atoms with Gasteiger partial charge < -0.3 is 4.57 Å². The lowest BCUT2D eigenvalue weighted by molar-refractivity contribution is -1.92. The van der Waals surface area contributed by atoms with Crippen LogP contribution in [0.4, 0.5) is 0 Å². The number of pyridine rings is 1. The first-order valence-corrected chi connectivity index (χ1v) is 9.16. The van der Waals surface area contributed by atoms with Crippen LogP contribution in [0.15, 0.2) is 23.0 Å². The molecule has 3 aliphatic rings. The molecule has 8 heteroatoms. The minimum Gasteiger partial charge on any atom is -0.312 e. The fourth-order valence-electron chi connectivity index (χ4n) is 4.39. The Morgan fingerprint density at radius 1 is 1.17 bits per heavy atom. The van der Waals surface area contributed by atoms with Gasteiger partial charge in [-0.3, -0.25) is 9.69 Å². The van der Waals surface area contributed by atoms with Gasteiger partial charge in [-0.15, -0.1) is 0 Å². The molecule has 4 rings (SSSR count). The van der Waals surface area contributed by atoms with E-state index >= 15 is 0 Å². The molecule has 7 nitrogen and oxygen atoms in total. The largest absolute Gasteiger partial charge is 0.312 e. The van der Waals surface area contributed by atoms with Crippen molar-refractivity contribution < 1.29 is 28.9 Å². The smallest absolute Gasteiger partial charge is 0.250 e. The van der Waals surface area contributed by atoms with Gasteiger partial charge in [-0.2, -0.15) is 14.0 Å². The molecule has 23 heavy (non-hydrogen) atoms. The van der Waals surface area contributed by atoms with E-state index in [0.29, 0.717) is 11.8 Å². The summed E-state index contributed by atoms with van der Waals surface area (Å²) in [4.78, 5) is 14.7. The van der Waals surface area contributed by atoms with Gasteiger partial charge in [0.1, 0.15) is 0 Å². The highest BCUT2D eigenvalue weighted by molar-refractivity contribution is 5.18. The van der Waals surface area contributed by atoms with Crippen molar-refractivity contribution in [2.24, 2.45) is 5.92 Å². The van der Waals surface area contributed by atoms with Crippen LogP contribution >= 0.6 is 0 Å². The fourth-order valence-corrected chi connectivity index (χ4v) is 4.39. The molecule has 2 unspecified atom stereocenters. The fraction of sp³-hybridized carbons (Fsp3) is 0.667. The van der Waals surface area contributed by atoms with E-state index in [-0.39, 0.29) is 5.56 Å². The number of nitrogens with zero attached hydrogens (tertiary/aromatic N) is 2. The quantitative estimate of drug-likeness (QED) is 0.566. The highest BCUT2D eigenvalue weighted by Crippen LogP contribution is 2.41. The summed E-state index contributed by atoms with van der Waals surface area (Å²) in [5.41, 5.74) is 1.48. The van der Waals surface area contributed by atoms with E-state index in [4.69, 9.17) is 18.6 Å². The van der Waals surface area contributed by atoms with Gasteiger partial charge in [0.05, 0.1) is 14.9 Å². The molecular formula is C15H21ClN2O5. The monoisotopic (exact) mass is 344 g/mol. The number of hydrogen-bond acceptors (Lipinski definition) is 6. The Balaban J connectivity index is 0.000000276. The maximum atomic E-state index is 12.0. The van der Waals surface area contributed by atoms with Crippen molar-refractivity contribution >= 4 is 0 Å². The zero-order chi connectivity index (χ0) is 16.6. The van der Waals surface area contributed by atoms with Crippen LogP contribution in [0.3, 0.4) is 0 Å². The topological polar surface area (TPSA) is 115 Å². The molecule has 4 heterocycles. The molecule has 0 aliphatic carbocycles. The molecule has 2 bridgehead atoms. The molecule has 0 amide bonds. The predicted molar refractivity (Wildman–Crippen MR) is 73.0 cm³/mol. The number of hydrogen-bond donors (Lipinski definition) is 1. The third kappa shape index (κ3) is 3.93. The Morgan fingerprint density at radius 2 is 1.91 bits per heavy atom. The van der Waals surface area contributed by atoms with Crippen molar-refractivity contribution in [1.82, 2.24) is 9.47 Å². The molecule has 128 valence electrons. The van der Waals surface area contributed by atoms with Crippen molar-refractivity contribution in [3.05, 3.63) is 34.2 Å². The lowest BCUT2D eigenvalue weighted by atomic mass is 9.75. The molecule has 3 aliphatic heterocycles. The van der Waals surface area contributed by atoms with Crippen LogP contribution in [0, 0.1) is 16.2 Å². The number of aromatic nitrogens is 1. The lowest BCUT2D eigenvalue weighted by Gasteiger charge is -2.50. The van der Waals surface area contributed by atoms with Crippen LogP contribution in [-0.2, 0) is 6.54 Å². The average Bonchev–Trinajstić information content (AvgIpc) is 2.47. The molecular weight excluding hydrogens is 324 g/mol. The van der Waals surface area contributed by atoms with Gasteiger partial charge in [0.2, 0.25) is 0 Å². The predicted octanol–water partition coefficient (Wildman–Crippen LogP) is -2.30. The van der Waals surface area contributed by atoms with Crippen molar-refractivity contribution in [3.63, 3.8) is 0 Å². The molecule has 2 saturated heterocycles. The van der Waals surface area contributed by atoms with Crippen LogP contribution in [0.2, 0.25) is 0 Å². The number of halogens is 1.